The molecular formula is C22H14ClFO3. The molecule has 3 nitrogen and oxygen atoms in total. The van der Waals surface area contributed by atoms with E-state index < -0.39 is 5.82 Å². The highest BCUT2D eigenvalue weighted by atomic mass is 35.5. The largest absolute Gasteiger partial charge is 0.489 e. The molecule has 0 radical (unpaired) electrons. The Morgan fingerprint density at radius 3 is 2.63 bits per heavy atom. The third kappa shape index (κ3) is 3.57. The topological polar surface area (TPSA) is 35.5 Å². The summed E-state index contributed by atoms with van der Waals surface area (Å²) in [6.45, 7) is -0.0229. The second kappa shape index (κ2) is 7.25. The number of halogens is 2. The van der Waals surface area contributed by atoms with Crippen molar-refractivity contribution < 1.29 is 18.7 Å². The van der Waals surface area contributed by atoms with E-state index >= 15 is 0 Å². The molecule has 0 fully saturated rings. The van der Waals surface area contributed by atoms with Crippen molar-refractivity contribution in [2.24, 2.45) is 0 Å². The maximum absolute atomic E-state index is 13.8. The fourth-order valence-electron chi connectivity index (χ4n) is 2.78. The normalized spacial score (nSPS) is 14.1. The molecule has 3 aromatic carbocycles. The lowest BCUT2D eigenvalue weighted by molar-refractivity contribution is 0.101. The van der Waals surface area contributed by atoms with E-state index in [0.29, 0.717) is 22.1 Å². The van der Waals surface area contributed by atoms with Crippen LogP contribution < -0.4 is 9.47 Å². The van der Waals surface area contributed by atoms with E-state index in [9.17, 15) is 9.18 Å². The maximum atomic E-state index is 13.8. The first-order valence-corrected chi connectivity index (χ1v) is 8.68. The summed E-state index contributed by atoms with van der Waals surface area (Å²) in [4.78, 5) is 12.5. The molecule has 0 spiro atoms. The van der Waals surface area contributed by atoms with Crippen molar-refractivity contribution >= 4 is 23.5 Å². The third-order valence-corrected chi connectivity index (χ3v) is 4.54. The van der Waals surface area contributed by atoms with Gasteiger partial charge in [0.2, 0.25) is 5.78 Å². The number of fused-ring (bicyclic) bond motifs is 1. The first-order chi connectivity index (χ1) is 13.1. The van der Waals surface area contributed by atoms with E-state index in [1.165, 1.54) is 12.1 Å². The van der Waals surface area contributed by atoms with Gasteiger partial charge in [0.25, 0.3) is 0 Å². The number of carbonyl (C=O) groups is 1. The number of rotatable bonds is 4. The van der Waals surface area contributed by atoms with Gasteiger partial charge >= 0.3 is 0 Å². The lowest BCUT2D eigenvalue weighted by atomic mass is 10.1. The van der Waals surface area contributed by atoms with E-state index in [1.54, 1.807) is 30.3 Å². The summed E-state index contributed by atoms with van der Waals surface area (Å²) in [5.41, 5.74) is 1.62. The highest BCUT2D eigenvalue weighted by molar-refractivity contribution is 6.31. The van der Waals surface area contributed by atoms with Gasteiger partial charge in [0.1, 0.15) is 23.9 Å². The zero-order valence-electron chi connectivity index (χ0n) is 14.1. The van der Waals surface area contributed by atoms with Gasteiger partial charge in [-0.15, -0.1) is 0 Å². The number of allylic oxidation sites excluding steroid dienone is 1. The summed E-state index contributed by atoms with van der Waals surface area (Å²) >= 11 is 6.01. The smallest absolute Gasteiger partial charge is 0.231 e. The Balaban J connectivity index is 1.54. The van der Waals surface area contributed by atoms with Gasteiger partial charge in [0, 0.05) is 11.6 Å². The van der Waals surface area contributed by atoms with Crippen LogP contribution in [-0.2, 0) is 6.61 Å². The van der Waals surface area contributed by atoms with Gasteiger partial charge in [0.05, 0.1) is 10.6 Å². The zero-order valence-corrected chi connectivity index (χ0v) is 14.9. The third-order valence-electron chi connectivity index (χ3n) is 4.18. The molecular weight excluding hydrogens is 367 g/mol. The van der Waals surface area contributed by atoms with Crippen molar-refractivity contribution in [2.75, 3.05) is 0 Å². The molecule has 1 aliphatic rings. The Morgan fingerprint density at radius 2 is 1.85 bits per heavy atom. The molecule has 0 bridgehead atoms. The van der Waals surface area contributed by atoms with Crippen molar-refractivity contribution in [1.82, 2.24) is 0 Å². The molecule has 134 valence electrons. The fourth-order valence-corrected chi connectivity index (χ4v) is 3.00. The molecule has 0 aromatic heterocycles. The number of ether oxygens (including phenoxy) is 2. The van der Waals surface area contributed by atoms with Gasteiger partial charge in [-0.2, -0.15) is 0 Å². The van der Waals surface area contributed by atoms with Crippen molar-refractivity contribution in [2.45, 2.75) is 6.61 Å². The van der Waals surface area contributed by atoms with Crippen LogP contribution in [0, 0.1) is 5.82 Å². The molecule has 4 rings (SSSR count). The summed E-state index contributed by atoms with van der Waals surface area (Å²) < 4.78 is 25.2. The Labute approximate surface area is 160 Å². The number of hydrogen-bond acceptors (Lipinski definition) is 3. The molecule has 5 heteroatoms. The van der Waals surface area contributed by atoms with Crippen molar-refractivity contribution in [3.05, 3.63) is 100 Å². The zero-order chi connectivity index (χ0) is 18.8. The van der Waals surface area contributed by atoms with Crippen LogP contribution in [0.2, 0.25) is 5.02 Å². The molecule has 0 atom stereocenters. The van der Waals surface area contributed by atoms with Crippen LogP contribution in [0.3, 0.4) is 0 Å². The van der Waals surface area contributed by atoms with E-state index in [-0.39, 0.29) is 23.7 Å². The Hall–Kier alpha value is -3.11. The highest BCUT2D eigenvalue weighted by Crippen LogP contribution is 2.35. The summed E-state index contributed by atoms with van der Waals surface area (Å²) in [6.07, 6.45) is 1.70. The lowest BCUT2D eigenvalue weighted by Crippen LogP contribution is -1.99. The van der Waals surface area contributed by atoms with Crippen LogP contribution in [-0.4, -0.2) is 5.78 Å². The Morgan fingerprint density at radius 1 is 1.04 bits per heavy atom. The molecule has 1 aliphatic heterocycles. The van der Waals surface area contributed by atoms with Gasteiger partial charge < -0.3 is 9.47 Å². The average Bonchev–Trinajstić information content (AvgIpc) is 2.97. The lowest BCUT2D eigenvalue weighted by Gasteiger charge is -2.09. The summed E-state index contributed by atoms with van der Waals surface area (Å²) in [5, 5.41) is 0.302. The molecule has 0 unspecified atom stereocenters. The van der Waals surface area contributed by atoms with Crippen molar-refractivity contribution in [3.8, 4) is 11.5 Å². The summed E-state index contributed by atoms with van der Waals surface area (Å²) in [6, 6.07) is 18.8. The maximum Gasteiger partial charge on any atom is 0.231 e. The van der Waals surface area contributed by atoms with Gasteiger partial charge in [-0.1, -0.05) is 48.0 Å². The van der Waals surface area contributed by atoms with Crippen molar-refractivity contribution in [1.29, 1.82) is 0 Å². The van der Waals surface area contributed by atoms with Crippen LogP contribution >= 0.6 is 11.6 Å². The molecule has 0 amide bonds. The molecule has 0 saturated heterocycles. The minimum absolute atomic E-state index is 0.0229. The first-order valence-electron chi connectivity index (χ1n) is 8.31. The standard InChI is InChI=1S/C22H14ClFO3/c23-18-7-4-8-19(24)17(18)13-26-15-9-10-16-20(12-15)27-21(22(16)25)11-14-5-2-1-3-6-14/h1-12H,13H2/b21-11-. The number of carbonyl (C=O) groups excluding carboxylic acids is 1. The molecule has 27 heavy (non-hydrogen) atoms. The van der Waals surface area contributed by atoms with E-state index in [1.807, 2.05) is 30.3 Å². The van der Waals surface area contributed by atoms with E-state index in [2.05, 4.69) is 0 Å². The van der Waals surface area contributed by atoms with Crippen molar-refractivity contribution in [3.63, 3.8) is 0 Å². The predicted molar refractivity (Wildman–Crippen MR) is 102 cm³/mol. The molecule has 0 saturated carbocycles. The predicted octanol–water partition coefficient (Wildman–Crippen LogP) is 5.67. The second-order valence-corrected chi connectivity index (χ2v) is 6.40. The fraction of sp³-hybridized carbons (Fsp3) is 0.0455. The minimum atomic E-state index is -0.428. The van der Waals surface area contributed by atoms with Gasteiger partial charge in [-0.3, -0.25) is 4.79 Å². The molecule has 0 N–H and O–H groups in total. The average molecular weight is 381 g/mol. The number of hydrogen-bond donors (Lipinski definition) is 0. The monoisotopic (exact) mass is 380 g/mol. The summed E-state index contributed by atoms with van der Waals surface area (Å²) in [5.74, 6) is 0.521. The van der Waals surface area contributed by atoms with Crippen LogP contribution in [0.4, 0.5) is 4.39 Å². The van der Waals surface area contributed by atoms with Gasteiger partial charge in [-0.25, -0.2) is 4.39 Å². The van der Waals surface area contributed by atoms with Crippen LogP contribution in [0.25, 0.3) is 6.08 Å². The quantitative estimate of drug-likeness (QED) is 0.547. The second-order valence-electron chi connectivity index (χ2n) is 6.00. The SMILES string of the molecule is O=C1/C(=C/c2ccccc2)Oc2cc(OCc3c(F)cccc3Cl)ccc21. The molecule has 1 heterocycles. The highest BCUT2D eigenvalue weighted by Gasteiger charge is 2.27. The Kier molecular flexibility index (Phi) is 4.65. The van der Waals surface area contributed by atoms with Crippen LogP contribution in [0.1, 0.15) is 21.5 Å². The van der Waals surface area contributed by atoms with Gasteiger partial charge in [0.15, 0.2) is 5.76 Å². The molecule has 0 aliphatic carbocycles. The van der Waals surface area contributed by atoms with Crippen LogP contribution in [0.5, 0.6) is 11.5 Å². The number of Topliss-reactive ketones (excluding diaryl/α,β-unsaturated/α-hetero) is 1. The first kappa shape index (κ1) is 17.3. The summed E-state index contributed by atoms with van der Waals surface area (Å²) in [7, 11) is 0. The number of ketones is 1. The number of benzene rings is 3. The van der Waals surface area contributed by atoms with E-state index in [0.717, 1.165) is 5.56 Å². The Bertz CT molecular complexity index is 1020. The molecule has 3 aromatic rings. The van der Waals surface area contributed by atoms with Crippen LogP contribution in [0.15, 0.2) is 72.5 Å². The van der Waals surface area contributed by atoms with Gasteiger partial charge in [-0.05, 0) is 35.9 Å². The van der Waals surface area contributed by atoms with E-state index in [4.69, 9.17) is 21.1 Å². The minimum Gasteiger partial charge on any atom is -0.489 e.